The number of guanidine groups is 1. The van der Waals surface area contributed by atoms with Gasteiger partial charge in [-0.25, -0.2) is 15.0 Å². The minimum Gasteiger partial charge on any atom is -0.343 e. The van der Waals surface area contributed by atoms with E-state index in [2.05, 4.69) is 49.8 Å². The predicted molar refractivity (Wildman–Crippen MR) is 131 cm³/mol. The lowest BCUT2D eigenvalue weighted by molar-refractivity contribution is 0.268. The second kappa shape index (κ2) is 9.34. The van der Waals surface area contributed by atoms with Gasteiger partial charge >= 0.3 is 0 Å². The molecule has 0 bridgehead atoms. The zero-order chi connectivity index (χ0) is 21.8. The number of anilines is 1. The van der Waals surface area contributed by atoms with Gasteiger partial charge in [-0.15, -0.1) is 0 Å². The molecule has 0 radical (unpaired) electrons. The highest BCUT2D eigenvalue weighted by molar-refractivity contribution is 6.31. The van der Waals surface area contributed by atoms with E-state index in [1.807, 2.05) is 54.6 Å². The Labute approximate surface area is 192 Å². The molecular weight excluding hydrogens is 420 g/mol. The van der Waals surface area contributed by atoms with Gasteiger partial charge in [-0.3, -0.25) is 10.2 Å². The van der Waals surface area contributed by atoms with Crippen LogP contribution in [-0.2, 0) is 6.42 Å². The normalized spacial score (nSPS) is 14.1. The van der Waals surface area contributed by atoms with E-state index in [1.165, 1.54) is 5.56 Å². The van der Waals surface area contributed by atoms with Crippen LogP contribution in [0.5, 0.6) is 0 Å². The third-order valence-electron chi connectivity index (χ3n) is 5.39. The van der Waals surface area contributed by atoms with Crippen LogP contribution < -0.4 is 10.6 Å². The van der Waals surface area contributed by atoms with Crippen LogP contribution in [0.4, 0.5) is 5.95 Å². The summed E-state index contributed by atoms with van der Waals surface area (Å²) in [6.07, 6.45) is 0.998. The fourth-order valence-electron chi connectivity index (χ4n) is 3.71. The summed E-state index contributed by atoms with van der Waals surface area (Å²) >= 11 is 6.25. The highest BCUT2D eigenvalue weighted by Gasteiger charge is 2.15. The van der Waals surface area contributed by atoms with E-state index in [4.69, 9.17) is 16.6 Å². The molecule has 0 saturated carbocycles. The molecule has 4 aromatic rings. The van der Waals surface area contributed by atoms with Crippen molar-refractivity contribution in [3.8, 4) is 11.3 Å². The Bertz CT molecular complexity index is 1240. The molecule has 6 nitrogen and oxygen atoms in total. The zero-order valence-electron chi connectivity index (χ0n) is 17.5. The predicted octanol–water partition coefficient (Wildman–Crippen LogP) is 4.78. The van der Waals surface area contributed by atoms with Crippen LogP contribution in [-0.4, -0.2) is 40.7 Å². The van der Waals surface area contributed by atoms with Gasteiger partial charge in [0.25, 0.3) is 0 Å². The number of hydrogen-bond donors (Lipinski definition) is 2. The third kappa shape index (κ3) is 4.72. The van der Waals surface area contributed by atoms with Gasteiger partial charge in [0.05, 0.1) is 24.5 Å². The zero-order valence-corrected chi connectivity index (χ0v) is 18.3. The van der Waals surface area contributed by atoms with Gasteiger partial charge in [0.2, 0.25) is 11.9 Å². The molecule has 1 aromatic heterocycles. The standard InChI is InChI=1S/C25H23ClN6/c26-20-11-12-22-21(15-20)23(19-9-5-2-6-10-19)30-25(29-22)31-24-27-16-32(17-28-24)14-13-18-7-3-1-4-8-18/h1-12,15H,13-14,16-17H2,(H2,27,28,29,30,31). The van der Waals surface area contributed by atoms with E-state index < -0.39 is 0 Å². The molecule has 0 aliphatic carbocycles. The first-order valence-corrected chi connectivity index (χ1v) is 11.0. The van der Waals surface area contributed by atoms with Gasteiger partial charge < -0.3 is 5.32 Å². The fraction of sp³-hybridized carbons (Fsp3) is 0.160. The lowest BCUT2D eigenvalue weighted by atomic mass is 10.1. The van der Waals surface area contributed by atoms with Crippen molar-refractivity contribution in [1.82, 2.24) is 20.2 Å². The molecule has 1 aliphatic heterocycles. The molecule has 0 atom stereocenters. The summed E-state index contributed by atoms with van der Waals surface area (Å²) in [7, 11) is 0. The van der Waals surface area contributed by atoms with Crippen molar-refractivity contribution in [3.63, 3.8) is 0 Å². The molecule has 2 N–H and O–H groups in total. The Kier molecular flexibility index (Phi) is 5.96. The topological polar surface area (TPSA) is 65.4 Å². The van der Waals surface area contributed by atoms with Gasteiger partial charge in [-0.1, -0.05) is 72.3 Å². The van der Waals surface area contributed by atoms with Crippen molar-refractivity contribution in [2.24, 2.45) is 4.99 Å². The minimum atomic E-state index is 0.502. The summed E-state index contributed by atoms with van der Waals surface area (Å²) in [5.41, 5.74) is 4.00. The monoisotopic (exact) mass is 442 g/mol. The average Bonchev–Trinajstić information content (AvgIpc) is 2.84. The molecule has 32 heavy (non-hydrogen) atoms. The maximum atomic E-state index is 6.25. The number of fused-ring (bicyclic) bond motifs is 1. The van der Waals surface area contributed by atoms with Gasteiger partial charge in [0.1, 0.15) is 0 Å². The first-order chi connectivity index (χ1) is 15.7. The summed E-state index contributed by atoms with van der Waals surface area (Å²) in [6.45, 7) is 2.28. The van der Waals surface area contributed by atoms with Crippen LogP contribution in [0.1, 0.15) is 5.56 Å². The SMILES string of the molecule is Clc1ccc2nc(NC3=NCN(CCc4ccccc4)CN3)nc(-c3ccccc3)c2c1. The van der Waals surface area contributed by atoms with Crippen LogP contribution in [0, 0.1) is 0 Å². The van der Waals surface area contributed by atoms with E-state index in [0.29, 0.717) is 30.3 Å². The van der Waals surface area contributed by atoms with Gasteiger partial charge in [-0.2, -0.15) is 0 Å². The number of nitrogens with zero attached hydrogens (tertiary/aromatic N) is 4. The summed E-state index contributed by atoms with van der Waals surface area (Å²) in [5.74, 6) is 1.18. The Morgan fingerprint density at radius 1 is 0.938 bits per heavy atom. The molecule has 0 unspecified atom stereocenters. The molecule has 0 spiro atoms. The minimum absolute atomic E-state index is 0.502. The van der Waals surface area contributed by atoms with Crippen LogP contribution >= 0.6 is 11.6 Å². The number of hydrogen-bond acceptors (Lipinski definition) is 6. The molecule has 160 valence electrons. The lowest BCUT2D eigenvalue weighted by Crippen LogP contribution is -2.46. The molecule has 5 rings (SSSR count). The first kappa shape index (κ1) is 20.4. The summed E-state index contributed by atoms with van der Waals surface area (Å²) in [4.78, 5) is 16.4. The molecule has 1 aliphatic rings. The molecule has 7 heteroatoms. The molecule has 0 fully saturated rings. The van der Waals surface area contributed by atoms with Gasteiger partial charge in [-0.05, 0) is 30.2 Å². The van der Waals surface area contributed by atoms with Crippen molar-refractivity contribution < 1.29 is 0 Å². The van der Waals surface area contributed by atoms with Crippen LogP contribution in [0.2, 0.25) is 5.02 Å². The van der Waals surface area contributed by atoms with Gasteiger partial charge in [0, 0.05) is 22.5 Å². The molecular formula is C25H23ClN6. The first-order valence-electron chi connectivity index (χ1n) is 10.6. The molecule has 3 aromatic carbocycles. The lowest BCUT2D eigenvalue weighted by Gasteiger charge is -2.26. The second-order valence-corrected chi connectivity index (χ2v) is 8.10. The number of aromatic nitrogens is 2. The number of aliphatic imine (C=N–C) groups is 1. The number of nitrogens with one attached hydrogen (secondary N) is 2. The van der Waals surface area contributed by atoms with Crippen molar-refractivity contribution >= 4 is 34.4 Å². The van der Waals surface area contributed by atoms with E-state index in [0.717, 1.165) is 35.1 Å². The smallest absolute Gasteiger partial charge is 0.230 e. The largest absolute Gasteiger partial charge is 0.343 e. The van der Waals surface area contributed by atoms with Crippen LogP contribution in [0.3, 0.4) is 0 Å². The number of halogens is 1. The summed E-state index contributed by atoms with van der Waals surface area (Å²) in [5, 5.41) is 8.16. The average molecular weight is 443 g/mol. The van der Waals surface area contributed by atoms with Crippen molar-refractivity contribution in [2.75, 3.05) is 25.2 Å². The van der Waals surface area contributed by atoms with E-state index in [1.54, 1.807) is 0 Å². The Balaban J connectivity index is 1.33. The van der Waals surface area contributed by atoms with E-state index in [9.17, 15) is 0 Å². The highest BCUT2D eigenvalue weighted by Crippen LogP contribution is 2.29. The second-order valence-electron chi connectivity index (χ2n) is 7.66. The third-order valence-corrected chi connectivity index (χ3v) is 5.63. The van der Waals surface area contributed by atoms with Crippen molar-refractivity contribution in [3.05, 3.63) is 89.4 Å². The van der Waals surface area contributed by atoms with Crippen molar-refractivity contribution in [1.29, 1.82) is 0 Å². The highest BCUT2D eigenvalue weighted by atomic mass is 35.5. The maximum Gasteiger partial charge on any atom is 0.230 e. The number of benzene rings is 3. The maximum absolute atomic E-state index is 6.25. The van der Waals surface area contributed by atoms with E-state index >= 15 is 0 Å². The molecule has 0 saturated heterocycles. The Morgan fingerprint density at radius 3 is 2.47 bits per heavy atom. The molecule has 0 amide bonds. The van der Waals surface area contributed by atoms with Crippen LogP contribution in [0.15, 0.2) is 83.9 Å². The Morgan fingerprint density at radius 2 is 1.72 bits per heavy atom. The summed E-state index contributed by atoms with van der Waals surface area (Å²) < 4.78 is 0. The number of rotatable bonds is 5. The van der Waals surface area contributed by atoms with Crippen LogP contribution in [0.25, 0.3) is 22.2 Å². The summed E-state index contributed by atoms with van der Waals surface area (Å²) in [6, 6.07) is 26.2. The van der Waals surface area contributed by atoms with Crippen molar-refractivity contribution in [2.45, 2.75) is 6.42 Å². The quantitative estimate of drug-likeness (QED) is 0.465. The van der Waals surface area contributed by atoms with Gasteiger partial charge in [0.15, 0.2) is 0 Å². The van der Waals surface area contributed by atoms with E-state index in [-0.39, 0.29) is 0 Å². The fourth-order valence-corrected chi connectivity index (χ4v) is 3.88. The molecule has 2 heterocycles. The Hall–Kier alpha value is -3.48.